The molecule has 0 radical (unpaired) electrons. The summed E-state index contributed by atoms with van der Waals surface area (Å²) in [7, 11) is 1.58. The number of methoxy groups -OCH3 is 1. The van der Waals surface area contributed by atoms with Gasteiger partial charge in [0.25, 0.3) is 0 Å². The first-order chi connectivity index (χ1) is 16.5. The van der Waals surface area contributed by atoms with E-state index in [4.69, 9.17) is 14.2 Å². The molecular weight excluding hydrogens is 448 g/mol. The van der Waals surface area contributed by atoms with Gasteiger partial charge in [-0.1, -0.05) is 25.5 Å². The van der Waals surface area contributed by atoms with Crippen LogP contribution in [0.3, 0.4) is 0 Å². The Morgan fingerprint density at radius 2 is 1.66 bits per heavy atom. The number of esters is 1. The molecule has 2 N–H and O–H groups in total. The third-order valence-corrected chi connectivity index (χ3v) is 4.61. The van der Waals surface area contributed by atoms with Crippen molar-refractivity contribution >= 4 is 35.2 Å². The third-order valence-electron chi connectivity index (χ3n) is 4.61. The number of carbonyl (C=O) groups excluding carboxylic acids is 3. The van der Waals surface area contributed by atoms with Crippen LogP contribution >= 0.6 is 0 Å². The first-order valence-corrected chi connectivity index (χ1v) is 11.5. The molecule has 2 rings (SSSR count). The van der Waals surface area contributed by atoms with E-state index >= 15 is 0 Å². The van der Waals surface area contributed by atoms with E-state index in [1.165, 1.54) is 25.1 Å². The first-order valence-electron chi connectivity index (χ1n) is 11.5. The maximum absolute atomic E-state index is 12.9. The Labute approximate surface area is 206 Å². The number of hydrogen-bond donors (Lipinski definition) is 2. The molecule has 0 aliphatic heterocycles. The molecule has 0 atom stereocenters. The van der Waals surface area contributed by atoms with Crippen LogP contribution in [-0.2, 0) is 14.3 Å². The van der Waals surface area contributed by atoms with Crippen LogP contribution in [-0.4, -0.2) is 37.1 Å². The van der Waals surface area contributed by atoms with Crippen LogP contribution in [0.4, 0.5) is 11.4 Å². The summed E-state index contributed by atoms with van der Waals surface area (Å²) >= 11 is 0. The number of nitrogens with one attached hydrogen (secondary N) is 2. The number of carbonyl (C=O) groups is 3. The molecule has 2 aromatic rings. The van der Waals surface area contributed by atoms with Crippen LogP contribution in [0.2, 0.25) is 0 Å². The Bertz CT molecular complexity index is 1070. The number of unbranched alkanes of at least 4 members (excludes halogenated alkanes) is 1. The quantitative estimate of drug-likeness (QED) is 0.266. The summed E-state index contributed by atoms with van der Waals surface area (Å²) in [4.78, 5) is 37.4. The van der Waals surface area contributed by atoms with Crippen molar-refractivity contribution in [1.29, 1.82) is 0 Å². The number of ether oxygens (including phenoxy) is 3. The first kappa shape index (κ1) is 27.4. The fourth-order valence-corrected chi connectivity index (χ4v) is 2.98. The Kier molecular flexibility index (Phi) is 9.87. The zero-order valence-corrected chi connectivity index (χ0v) is 21.2. The van der Waals surface area contributed by atoms with Gasteiger partial charge in [-0.15, -0.1) is 0 Å². The van der Waals surface area contributed by atoms with Crippen LogP contribution in [0.25, 0.3) is 6.08 Å². The van der Waals surface area contributed by atoms with Gasteiger partial charge in [-0.3, -0.25) is 9.59 Å². The topological polar surface area (TPSA) is 103 Å². The Morgan fingerprint density at radius 1 is 1.00 bits per heavy atom. The Morgan fingerprint density at radius 3 is 2.23 bits per heavy atom. The summed E-state index contributed by atoms with van der Waals surface area (Å²) in [5.74, 6) is -0.394. The SMILES string of the molecule is CCCCOc1cc(NC(C)=O)c(NC(=O)C=Cc2ccc(OC)cc2)cc1C(=O)OC(C)(C)C. The van der Waals surface area contributed by atoms with E-state index in [0.717, 1.165) is 18.4 Å². The highest BCUT2D eigenvalue weighted by Gasteiger charge is 2.24. The monoisotopic (exact) mass is 482 g/mol. The van der Waals surface area contributed by atoms with Crippen molar-refractivity contribution in [3.05, 3.63) is 53.6 Å². The summed E-state index contributed by atoms with van der Waals surface area (Å²) in [6, 6.07) is 10.2. The standard InChI is InChI=1S/C27H34N2O6/c1-7-8-15-34-24-17-23(28-18(2)30)22(16-21(24)26(32)35-27(3,4)5)29-25(31)14-11-19-9-12-20(33-6)13-10-19/h9-14,16-17H,7-8,15H2,1-6H3,(H,28,30)(H,29,31). The molecule has 0 aliphatic carbocycles. The lowest BCUT2D eigenvalue weighted by Gasteiger charge is -2.22. The smallest absolute Gasteiger partial charge is 0.342 e. The van der Waals surface area contributed by atoms with Crippen LogP contribution in [0.5, 0.6) is 11.5 Å². The van der Waals surface area contributed by atoms with E-state index in [1.807, 2.05) is 19.1 Å². The minimum Gasteiger partial charge on any atom is -0.497 e. The van der Waals surface area contributed by atoms with Gasteiger partial charge in [-0.25, -0.2) is 4.79 Å². The van der Waals surface area contributed by atoms with Gasteiger partial charge >= 0.3 is 5.97 Å². The van der Waals surface area contributed by atoms with Crippen molar-refractivity contribution < 1.29 is 28.6 Å². The van der Waals surface area contributed by atoms with Crippen molar-refractivity contribution in [3.63, 3.8) is 0 Å². The lowest BCUT2D eigenvalue weighted by Crippen LogP contribution is -2.24. The zero-order valence-electron chi connectivity index (χ0n) is 21.2. The molecule has 188 valence electrons. The van der Waals surface area contributed by atoms with Crippen LogP contribution < -0.4 is 20.1 Å². The van der Waals surface area contributed by atoms with Crippen molar-refractivity contribution in [2.75, 3.05) is 24.4 Å². The van der Waals surface area contributed by atoms with E-state index < -0.39 is 17.5 Å². The van der Waals surface area contributed by atoms with E-state index in [1.54, 1.807) is 46.1 Å². The minimum atomic E-state index is -0.724. The van der Waals surface area contributed by atoms with Gasteiger partial charge in [0, 0.05) is 19.1 Å². The molecule has 8 heteroatoms. The average Bonchev–Trinajstić information content (AvgIpc) is 2.78. The molecule has 0 unspecified atom stereocenters. The Balaban J connectivity index is 2.38. The van der Waals surface area contributed by atoms with Crippen molar-refractivity contribution in [2.24, 2.45) is 0 Å². The maximum atomic E-state index is 12.9. The van der Waals surface area contributed by atoms with Crippen LogP contribution in [0.1, 0.15) is 63.4 Å². The predicted molar refractivity (Wildman–Crippen MR) is 137 cm³/mol. The normalized spacial score (nSPS) is 11.1. The highest BCUT2D eigenvalue weighted by Crippen LogP contribution is 2.33. The van der Waals surface area contributed by atoms with Crippen LogP contribution in [0.15, 0.2) is 42.5 Å². The highest BCUT2D eigenvalue weighted by molar-refractivity contribution is 6.07. The summed E-state index contributed by atoms with van der Waals surface area (Å²) in [5, 5.41) is 5.42. The zero-order chi connectivity index (χ0) is 26.0. The summed E-state index contributed by atoms with van der Waals surface area (Å²) < 4.78 is 16.5. The van der Waals surface area contributed by atoms with E-state index in [-0.39, 0.29) is 22.9 Å². The number of benzene rings is 2. The highest BCUT2D eigenvalue weighted by atomic mass is 16.6. The maximum Gasteiger partial charge on any atom is 0.342 e. The summed E-state index contributed by atoms with van der Waals surface area (Å²) in [6.45, 7) is 9.07. The fourth-order valence-electron chi connectivity index (χ4n) is 2.98. The molecule has 0 saturated carbocycles. The Hall–Kier alpha value is -3.81. The number of hydrogen-bond acceptors (Lipinski definition) is 6. The van der Waals surface area contributed by atoms with Gasteiger partial charge in [0.05, 0.1) is 25.1 Å². The second-order valence-corrected chi connectivity index (χ2v) is 8.87. The van der Waals surface area contributed by atoms with Gasteiger partial charge in [0.2, 0.25) is 11.8 Å². The second kappa shape index (κ2) is 12.6. The lowest BCUT2D eigenvalue weighted by molar-refractivity contribution is -0.114. The molecule has 0 spiro atoms. The summed E-state index contributed by atoms with van der Waals surface area (Å²) in [5.41, 5.74) is 0.783. The van der Waals surface area contributed by atoms with E-state index in [2.05, 4.69) is 10.6 Å². The number of anilines is 2. The van der Waals surface area contributed by atoms with E-state index in [0.29, 0.717) is 18.0 Å². The molecule has 8 nitrogen and oxygen atoms in total. The average molecular weight is 483 g/mol. The van der Waals surface area contributed by atoms with E-state index in [9.17, 15) is 14.4 Å². The molecule has 0 aromatic heterocycles. The molecular formula is C27H34N2O6. The largest absolute Gasteiger partial charge is 0.497 e. The summed E-state index contributed by atoms with van der Waals surface area (Å²) in [6.07, 6.45) is 4.70. The van der Waals surface area contributed by atoms with Gasteiger partial charge in [0.15, 0.2) is 0 Å². The predicted octanol–water partition coefficient (Wildman–Crippen LogP) is 5.44. The number of rotatable bonds is 10. The van der Waals surface area contributed by atoms with Gasteiger partial charge in [-0.2, -0.15) is 0 Å². The van der Waals surface area contributed by atoms with Crippen molar-refractivity contribution in [3.8, 4) is 11.5 Å². The van der Waals surface area contributed by atoms with Gasteiger partial charge < -0.3 is 24.8 Å². The molecule has 0 aliphatic rings. The van der Waals surface area contributed by atoms with Crippen molar-refractivity contribution in [2.45, 2.75) is 53.1 Å². The molecule has 0 saturated heterocycles. The third kappa shape index (κ3) is 9.16. The minimum absolute atomic E-state index is 0.152. The molecule has 2 amide bonds. The fraction of sp³-hybridized carbons (Fsp3) is 0.370. The van der Waals surface area contributed by atoms with Gasteiger partial charge in [-0.05, 0) is 57.0 Å². The second-order valence-electron chi connectivity index (χ2n) is 8.87. The molecule has 0 bridgehead atoms. The molecule has 0 fully saturated rings. The molecule has 35 heavy (non-hydrogen) atoms. The molecule has 2 aromatic carbocycles. The van der Waals surface area contributed by atoms with Crippen molar-refractivity contribution in [1.82, 2.24) is 0 Å². The van der Waals surface area contributed by atoms with Gasteiger partial charge in [0.1, 0.15) is 22.7 Å². The lowest BCUT2D eigenvalue weighted by atomic mass is 10.1. The molecule has 0 heterocycles. The number of amides is 2. The van der Waals surface area contributed by atoms with Crippen LogP contribution in [0, 0.1) is 0 Å².